The summed E-state index contributed by atoms with van der Waals surface area (Å²) < 4.78 is 7.50. The van der Waals surface area contributed by atoms with E-state index in [0.717, 1.165) is 12.2 Å². The first-order valence-electron chi connectivity index (χ1n) is 7.50. The van der Waals surface area contributed by atoms with E-state index in [0.29, 0.717) is 6.04 Å². The predicted molar refractivity (Wildman–Crippen MR) is 80.9 cm³/mol. The highest BCUT2D eigenvalue weighted by Gasteiger charge is 2.14. The van der Waals surface area contributed by atoms with Gasteiger partial charge in [-0.2, -0.15) is 0 Å². The summed E-state index contributed by atoms with van der Waals surface area (Å²) in [7, 11) is 1.71. The molecule has 0 aliphatic heterocycles. The lowest BCUT2D eigenvalue weighted by atomic mass is 10.0. The summed E-state index contributed by atoms with van der Waals surface area (Å²) in [6, 6.07) is 9.00. The highest BCUT2D eigenvalue weighted by Crippen LogP contribution is 2.18. The number of rotatable bonds is 8. The molecule has 0 saturated carbocycles. The highest BCUT2D eigenvalue weighted by molar-refractivity contribution is 5.27. The first kappa shape index (κ1) is 14.6. The van der Waals surface area contributed by atoms with E-state index in [2.05, 4.69) is 41.1 Å². The van der Waals surface area contributed by atoms with Gasteiger partial charge in [0, 0.05) is 0 Å². The molecule has 1 N–H and O–H groups in total. The van der Waals surface area contributed by atoms with Crippen molar-refractivity contribution in [2.45, 2.75) is 45.1 Å². The van der Waals surface area contributed by atoms with Crippen molar-refractivity contribution in [3.8, 4) is 5.75 Å². The molecule has 3 nitrogen and oxygen atoms in total. The molecule has 0 saturated heterocycles. The SMILES string of the molecule is CCCCC(CCc1ccc(OC)cc1)[n+]1cc[nH]c1. The van der Waals surface area contributed by atoms with Gasteiger partial charge >= 0.3 is 0 Å². The van der Waals surface area contributed by atoms with Crippen molar-refractivity contribution in [2.24, 2.45) is 0 Å². The molecular formula is C17H25N2O+. The van der Waals surface area contributed by atoms with Gasteiger partial charge in [-0.25, -0.2) is 4.57 Å². The van der Waals surface area contributed by atoms with Gasteiger partial charge in [-0.05, 0) is 43.4 Å². The van der Waals surface area contributed by atoms with Crippen LogP contribution in [0.2, 0.25) is 0 Å². The number of benzene rings is 1. The molecule has 108 valence electrons. The number of methoxy groups -OCH3 is 1. The van der Waals surface area contributed by atoms with Crippen molar-refractivity contribution < 1.29 is 9.30 Å². The Morgan fingerprint density at radius 3 is 2.60 bits per heavy atom. The molecule has 1 heterocycles. The lowest BCUT2D eigenvalue weighted by Gasteiger charge is -2.13. The average Bonchev–Trinajstić information content (AvgIpc) is 3.02. The van der Waals surface area contributed by atoms with E-state index in [1.54, 1.807) is 7.11 Å². The number of hydrogen-bond donors (Lipinski definition) is 1. The quantitative estimate of drug-likeness (QED) is 0.730. The zero-order valence-corrected chi connectivity index (χ0v) is 12.5. The fraction of sp³-hybridized carbons (Fsp3) is 0.471. The zero-order valence-electron chi connectivity index (χ0n) is 12.5. The largest absolute Gasteiger partial charge is 0.497 e. The number of H-pyrrole nitrogens is 1. The molecule has 20 heavy (non-hydrogen) atoms. The molecule has 0 fully saturated rings. The Bertz CT molecular complexity index is 476. The number of imidazole rings is 1. The molecule has 0 bridgehead atoms. The van der Waals surface area contributed by atoms with Gasteiger partial charge in [0.2, 0.25) is 6.33 Å². The topological polar surface area (TPSA) is 28.9 Å². The van der Waals surface area contributed by atoms with E-state index in [1.807, 2.05) is 18.3 Å². The molecule has 2 aromatic rings. The fourth-order valence-electron chi connectivity index (χ4n) is 2.54. The Labute approximate surface area is 121 Å². The molecule has 0 radical (unpaired) electrons. The second-order valence-electron chi connectivity index (χ2n) is 5.24. The van der Waals surface area contributed by atoms with Gasteiger partial charge in [0.1, 0.15) is 24.2 Å². The summed E-state index contributed by atoms with van der Waals surface area (Å²) in [5, 5.41) is 0. The van der Waals surface area contributed by atoms with Crippen molar-refractivity contribution >= 4 is 0 Å². The predicted octanol–water partition coefficient (Wildman–Crippen LogP) is 3.67. The van der Waals surface area contributed by atoms with E-state index in [9.17, 15) is 0 Å². The molecule has 0 aliphatic rings. The molecule has 1 aromatic carbocycles. The number of unbranched alkanes of at least 4 members (excludes halogenated alkanes) is 1. The van der Waals surface area contributed by atoms with Gasteiger partial charge in [-0.1, -0.05) is 25.5 Å². The average molecular weight is 273 g/mol. The third kappa shape index (κ3) is 4.12. The second-order valence-corrected chi connectivity index (χ2v) is 5.24. The smallest absolute Gasteiger partial charge is 0.241 e. The monoisotopic (exact) mass is 273 g/mol. The Balaban J connectivity index is 1.93. The summed E-state index contributed by atoms with van der Waals surface area (Å²) in [4.78, 5) is 3.15. The van der Waals surface area contributed by atoms with E-state index in [-0.39, 0.29) is 0 Å². The zero-order chi connectivity index (χ0) is 14.2. The molecule has 1 aromatic heterocycles. The number of ether oxygens (including phenoxy) is 1. The summed E-state index contributed by atoms with van der Waals surface area (Å²) in [5.74, 6) is 0.927. The van der Waals surface area contributed by atoms with Crippen LogP contribution in [0.25, 0.3) is 0 Å². The van der Waals surface area contributed by atoms with E-state index < -0.39 is 0 Å². The molecular weight excluding hydrogens is 248 g/mol. The van der Waals surface area contributed by atoms with Crippen molar-refractivity contribution in [2.75, 3.05) is 7.11 Å². The minimum Gasteiger partial charge on any atom is -0.497 e. The maximum Gasteiger partial charge on any atom is 0.241 e. The molecule has 0 spiro atoms. The Hall–Kier alpha value is -1.77. The van der Waals surface area contributed by atoms with E-state index in [4.69, 9.17) is 4.74 Å². The number of aryl methyl sites for hydroxylation is 1. The van der Waals surface area contributed by atoms with Gasteiger partial charge in [-0.15, -0.1) is 0 Å². The van der Waals surface area contributed by atoms with E-state index in [1.165, 1.54) is 31.2 Å². The van der Waals surface area contributed by atoms with Crippen LogP contribution in [0.4, 0.5) is 0 Å². The minimum atomic E-state index is 0.586. The first-order chi connectivity index (χ1) is 9.83. The van der Waals surface area contributed by atoms with Crippen LogP contribution in [0.1, 0.15) is 44.2 Å². The number of hydrogen-bond acceptors (Lipinski definition) is 1. The van der Waals surface area contributed by atoms with Gasteiger partial charge < -0.3 is 4.74 Å². The maximum absolute atomic E-state index is 5.20. The Morgan fingerprint density at radius 1 is 1.20 bits per heavy atom. The van der Waals surface area contributed by atoms with Crippen molar-refractivity contribution in [1.29, 1.82) is 0 Å². The van der Waals surface area contributed by atoms with Crippen molar-refractivity contribution in [3.63, 3.8) is 0 Å². The lowest BCUT2D eigenvalue weighted by Crippen LogP contribution is -2.37. The van der Waals surface area contributed by atoms with Crippen LogP contribution < -0.4 is 9.30 Å². The number of nitrogens with one attached hydrogen (secondary N) is 1. The highest BCUT2D eigenvalue weighted by atomic mass is 16.5. The lowest BCUT2D eigenvalue weighted by molar-refractivity contribution is -0.723. The Morgan fingerprint density at radius 2 is 2.00 bits per heavy atom. The second kappa shape index (κ2) is 7.73. The van der Waals surface area contributed by atoms with Crippen molar-refractivity contribution in [3.05, 3.63) is 48.5 Å². The Kier molecular flexibility index (Phi) is 5.66. The maximum atomic E-state index is 5.20. The van der Waals surface area contributed by atoms with Gasteiger partial charge in [-0.3, -0.25) is 4.98 Å². The molecule has 1 unspecified atom stereocenters. The molecule has 2 rings (SSSR count). The molecule has 1 atom stereocenters. The van der Waals surface area contributed by atoms with Gasteiger partial charge in [0.25, 0.3) is 0 Å². The third-order valence-electron chi connectivity index (χ3n) is 3.80. The third-order valence-corrected chi connectivity index (χ3v) is 3.80. The number of nitrogens with zero attached hydrogens (tertiary/aromatic N) is 1. The summed E-state index contributed by atoms with van der Waals surface area (Å²) in [5.41, 5.74) is 1.38. The standard InChI is InChI=1S/C17H24N2O/c1-3-4-5-16(19-13-12-18-14-19)9-6-15-7-10-17(20-2)11-8-15/h7-8,10-14,16H,3-6,9H2,1-2H3/p+1. The van der Waals surface area contributed by atoms with Crippen molar-refractivity contribution in [1.82, 2.24) is 4.98 Å². The van der Waals surface area contributed by atoms with Crippen LogP contribution in [0.5, 0.6) is 5.75 Å². The number of aromatic nitrogens is 2. The van der Waals surface area contributed by atoms with Gasteiger partial charge in [0.15, 0.2) is 0 Å². The molecule has 0 aliphatic carbocycles. The summed E-state index contributed by atoms with van der Waals surface area (Å²) in [6.07, 6.45) is 12.3. The van der Waals surface area contributed by atoms with Crippen LogP contribution in [0.15, 0.2) is 43.0 Å². The van der Waals surface area contributed by atoms with Crippen LogP contribution in [-0.4, -0.2) is 12.1 Å². The molecule has 3 heteroatoms. The number of aromatic amines is 1. The summed E-state index contributed by atoms with van der Waals surface area (Å²) in [6.45, 7) is 2.25. The summed E-state index contributed by atoms with van der Waals surface area (Å²) >= 11 is 0. The van der Waals surface area contributed by atoms with E-state index >= 15 is 0 Å². The molecule has 0 amide bonds. The van der Waals surface area contributed by atoms with Crippen LogP contribution >= 0.6 is 0 Å². The van der Waals surface area contributed by atoms with Crippen LogP contribution in [-0.2, 0) is 6.42 Å². The first-order valence-corrected chi connectivity index (χ1v) is 7.50. The van der Waals surface area contributed by atoms with Crippen LogP contribution in [0, 0.1) is 0 Å². The van der Waals surface area contributed by atoms with Gasteiger partial charge in [0.05, 0.1) is 7.11 Å². The minimum absolute atomic E-state index is 0.586. The normalized spacial score (nSPS) is 12.3. The van der Waals surface area contributed by atoms with Crippen LogP contribution in [0.3, 0.4) is 0 Å². The fourth-order valence-corrected chi connectivity index (χ4v) is 2.54.